The SMILES string of the molecule is COc1cc(C)c(C(C)C)cc1-c1ccc(C(F)(F)F)cc1[C@@H]1CC[C@H]2[C@@H](c3cc(C(F)(F)F)cc(C(F)(F)F)c3)N(C)C(=O)N12. The summed E-state index contributed by atoms with van der Waals surface area (Å²) >= 11 is 0. The Bertz CT molecular complexity index is 1630. The minimum absolute atomic E-state index is 0.0186. The standard InChI is InChI=1S/C33H31F9N2O2/c1-16(2)23-15-25(28(46-5)10-17(23)3)22-7-6-19(31(34,35)36)14-24(22)26-8-9-27-29(43(4)30(45)44(26)27)18-11-20(32(37,38)39)13-21(12-18)33(40,41)42/h6-7,10-16,26-27,29H,8-9H2,1-5H3/t26-,27-,29+/m0/s1. The van der Waals surface area contributed by atoms with E-state index in [9.17, 15) is 44.3 Å². The quantitative estimate of drug-likeness (QED) is 0.256. The fourth-order valence-corrected chi connectivity index (χ4v) is 6.84. The smallest absolute Gasteiger partial charge is 0.416 e. The monoisotopic (exact) mass is 658 g/mol. The Morgan fingerprint density at radius 2 is 1.37 bits per heavy atom. The maximum atomic E-state index is 14.0. The summed E-state index contributed by atoms with van der Waals surface area (Å²) in [5.41, 5.74) is -1.51. The number of rotatable bonds is 5. The van der Waals surface area contributed by atoms with Crippen molar-refractivity contribution in [3.05, 3.63) is 87.5 Å². The van der Waals surface area contributed by atoms with Crippen LogP contribution in [0.15, 0.2) is 48.5 Å². The molecule has 0 N–H and O–H groups in total. The molecule has 2 saturated heterocycles. The summed E-state index contributed by atoms with van der Waals surface area (Å²) < 4.78 is 130. The Kier molecular flexibility index (Phi) is 8.30. The predicted octanol–water partition coefficient (Wildman–Crippen LogP) is 10.2. The zero-order valence-electron chi connectivity index (χ0n) is 25.5. The summed E-state index contributed by atoms with van der Waals surface area (Å²) in [5, 5.41) is 0. The largest absolute Gasteiger partial charge is 0.496 e. The van der Waals surface area contributed by atoms with E-state index >= 15 is 0 Å². The fraction of sp³-hybridized carbons (Fsp3) is 0.424. The van der Waals surface area contributed by atoms with Crippen molar-refractivity contribution in [3.8, 4) is 16.9 Å². The van der Waals surface area contributed by atoms with Gasteiger partial charge in [0.15, 0.2) is 0 Å². The van der Waals surface area contributed by atoms with Crippen LogP contribution < -0.4 is 4.74 Å². The predicted molar refractivity (Wildman–Crippen MR) is 152 cm³/mol. The van der Waals surface area contributed by atoms with Gasteiger partial charge in [-0.1, -0.05) is 19.9 Å². The van der Waals surface area contributed by atoms with E-state index in [1.165, 1.54) is 25.1 Å². The number of carbonyl (C=O) groups excluding carboxylic acids is 1. The molecule has 0 aliphatic carbocycles. The molecule has 2 fully saturated rings. The van der Waals surface area contributed by atoms with Gasteiger partial charge in [0.05, 0.1) is 41.9 Å². The van der Waals surface area contributed by atoms with E-state index < -0.39 is 59.4 Å². The number of hydrogen-bond acceptors (Lipinski definition) is 2. The van der Waals surface area contributed by atoms with E-state index in [0.717, 1.165) is 28.2 Å². The molecule has 3 aromatic carbocycles. The first-order valence-corrected chi connectivity index (χ1v) is 14.5. The van der Waals surface area contributed by atoms with Crippen molar-refractivity contribution in [2.45, 2.75) is 76.2 Å². The number of benzene rings is 3. The minimum Gasteiger partial charge on any atom is -0.496 e. The summed E-state index contributed by atoms with van der Waals surface area (Å²) in [5.74, 6) is 0.450. The van der Waals surface area contributed by atoms with Gasteiger partial charge in [0, 0.05) is 12.6 Å². The summed E-state index contributed by atoms with van der Waals surface area (Å²) in [6.45, 7) is 5.81. The van der Waals surface area contributed by atoms with Crippen LogP contribution in [0.5, 0.6) is 5.75 Å². The molecule has 0 aromatic heterocycles. The van der Waals surface area contributed by atoms with Gasteiger partial charge in [0.25, 0.3) is 0 Å². The van der Waals surface area contributed by atoms with Gasteiger partial charge < -0.3 is 14.5 Å². The topological polar surface area (TPSA) is 32.8 Å². The summed E-state index contributed by atoms with van der Waals surface area (Å²) in [6.07, 6.45) is -14.7. The Morgan fingerprint density at radius 3 is 1.89 bits per heavy atom. The molecular formula is C33H31F9N2O2. The number of hydrogen-bond donors (Lipinski definition) is 0. The van der Waals surface area contributed by atoms with Crippen LogP contribution in [0.2, 0.25) is 0 Å². The number of ether oxygens (including phenoxy) is 1. The van der Waals surface area contributed by atoms with E-state index in [1.807, 2.05) is 26.8 Å². The Morgan fingerprint density at radius 1 is 0.783 bits per heavy atom. The summed E-state index contributed by atoms with van der Waals surface area (Å²) in [7, 11) is 2.69. The number of methoxy groups -OCH3 is 1. The maximum Gasteiger partial charge on any atom is 0.416 e. The molecule has 0 saturated carbocycles. The van der Waals surface area contributed by atoms with Crippen LogP contribution in [0.4, 0.5) is 44.3 Å². The Labute approximate surface area is 259 Å². The van der Waals surface area contributed by atoms with Crippen LogP contribution in [0, 0.1) is 6.92 Å². The molecule has 46 heavy (non-hydrogen) atoms. The molecule has 2 heterocycles. The van der Waals surface area contributed by atoms with Crippen molar-refractivity contribution in [3.63, 3.8) is 0 Å². The molecule has 2 aliphatic heterocycles. The highest BCUT2D eigenvalue weighted by molar-refractivity contribution is 5.81. The highest BCUT2D eigenvalue weighted by Crippen LogP contribution is 2.52. The van der Waals surface area contributed by atoms with Crippen LogP contribution in [0.25, 0.3) is 11.1 Å². The summed E-state index contributed by atoms with van der Waals surface area (Å²) in [4.78, 5) is 16.1. The number of amides is 2. The third-order valence-electron chi connectivity index (χ3n) is 8.92. The van der Waals surface area contributed by atoms with E-state index in [1.54, 1.807) is 6.07 Å². The van der Waals surface area contributed by atoms with Gasteiger partial charge in [-0.05, 0) is 96.0 Å². The lowest BCUT2D eigenvalue weighted by Gasteiger charge is -2.28. The number of halogens is 9. The maximum absolute atomic E-state index is 14.0. The van der Waals surface area contributed by atoms with E-state index in [2.05, 4.69) is 0 Å². The van der Waals surface area contributed by atoms with Crippen LogP contribution >= 0.6 is 0 Å². The highest BCUT2D eigenvalue weighted by Gasteiger charge is 2.53. The molecule has 0 spiro atoms. The number of fused-ring (bicyclic) bond motifs is 1. The van der Waals surface area contributed by atoms with Crippen LogP contribution in [0.3, 0.4) is 0 Å². The Hall–Kier alpha value is -3.90. The molecule has 3 atom stereocenters. The average Bonchev–Trinajstić information content (AvgIpc) is 3.48. The van der Waals surface area contributed by atoms with Crippen molar-refractivity contribution in [2.75, 3.05) is 14.2 Å². The molecule has 4 nitrogen and oxygen atoms in total. The first-order chi connectivity index (χ1) is 21.2. The van der Waals surface area contributed by atoms with Gasteiger partial charge in [0.1, 0.15) is 5.75 Å². The molecule has 0 bridgehead atoms. The number of alkyl halides is 9. The Balaban J connectivity index is 1.67. The molecule has 5 rings (SSSR count). The molecule has 0 radical (unpaired) electrons. The van der Waals surface area contributed by atoms with Crippen molar-refractivity contribution < 1.29 is 49.0 Å². The zero-order chi connectivity index (χ0) is 34.1. The second-order valence-corrected chi connectivity index (χ2v) is 12.1. The van der Waals surface area contributed by atoms with Crippen molar-refractivity contribution in [1.29, 1.82) is 0 Å². The second-order valence-electron chi connectivity index (χ2n) is 12.1. The molecular weight excluding hydrogens is 627 g/mol. The molecule has 2 amide bonds. The third kappa shape index (κ3) is 5.88. The number of carbonyl (C=O) groups is 1. The van der Waals surface area contributed by atoms with Crippen LogP contribution in [-0.2, 0) is 18.5 Å². The molecule has 248 valence electrons. The molecule has 0 unspecified atom stereocenters. The van der Waals surface area contributed by atoms with Crippen molar-refractivity contribution >= 4 is 6.03 Å². The average molecular weight is 659 g/mol. The second kappa shape index (κ2) is 11.4. The van der Waals surface area contributed by atoms with Crippen LogP contribution in [0.1, 0.15) is 83.6 Å². The van der Waals surface area contributed by atoms with Gasteiger partial charge in [-0.15, -0.1) is 0 Å². The summed E-state index contributed by atoms with van der Waals surface area (Å²) in [6, 6.07) is 4.25. The first-order valence-electron chi connectivity index (χ1n) is 14.5. The molecule has 3 aromatic rings. The van der Waals surface area contributed by atoms with Crippen LogP contribution in [-0.4, -0.2) is 36.0 Å². The van der Waals surface area contributed by atoms with Crippen molar-refractivity contribution in [1.82, 2.24) is 9.80 Å². The fourth-order valence-electron chi connectivity index (χ4n) is 6.84. The lowest BCUT2D eigenvalue weighted by atomic mass is 9.87. The zero-order valence-corrected chi connectivity index (χ0v) is 25.5. The molecule has 13 heteroatoms. The van der Waals surface area contributed by atoms with Gasteiger partial charge in [-0.3, -0.25) is 0 Å². The number of likely N-dealkylation sites (N-methyl/N-ethyl adjacent to an activating group) is 1. The van der Waals surface area contributed by atoms with Gasteiger partial charge in [-0.25, -0.2) is 4.79 Å². The highest BCUT2D eigenvalue weighted by atomic mass is 19.4. The lowest BCUT2D eigenvalue weighted by Crippen LogP contribution is -2.32. The number of nitrogens with zero attached hydrogens (tertiary/aromatic N) is 2. The third-order valence-corrected chi connectivity index (χ3v) is 8.92. The van der Waals surface area contributed by atoms with Gasteiger partial charge in [0.2, 0.25) is 0 Å². The van der Waals surface area contributed by atoms with Crippen molar-refractivity contribution in [2.24, 2.45) is 0 Å². The number of aryl methyl sites for hydroxylation is 1. The lowest BCUT2D eigenvalue weighted by molar-refractivity contribution is -0.143. The first kappa shape index (κ1) is 33.5. The van der Waals surface area contributed by atoms with E-state index in [4.69, 9.17) is 4.74 Å². The minimum atomic E-state index is -5.09. The number of urea groups is 1. The van der Waals surface area contributed by atoms with Gasteiger partial charge in [-0.2, -0.15) is 39.5 Å². The molecule has 2 aliphatic rings. The van der Waals surface area contributed by atoms with E-state index in [-0.39, 0.29) is 36.0 Å². The van der Waals surface area contributed by atoms with E-state index in [0.29, 0.717) is 29.0 Å². The normalized spacial score (nSPS) is 20.6. The van der Waals surface area contributed by atoms with Gasteiger partial charge >= 0.3 is 24.6 Å².